The van der Waals surface area contributed by atoms with Crippen molar-refractivity contribution in [1.29, 1.82) is 0 Å². The molecule has 0 aliphatic carbocycles. The summed E-state index contributed by atoms with van der Waals surface area (Å²) in [5.74, 6) is -0.838. The molecule has 0 amide bonds. The smallest absolute Gasteiger partial charge is 0.305 e. The van der Waals surface area contributed by atoms with Gasteiger partial charge in [-0.15, -0.1) is 0 Å². The van der Waals surface area contributed by atoms with E-state index in [1.165, 1.54) is 0 Å². The summed E-state index contributed by atoms with van der Waals surface area (Å²) in [4.78, 5) is 10.1. The summed E-state index contributed by atoms with van der Waals surface area (Å²) in [7, 11) is 1.91. The first-order valence-corrected chi connectivity index (χ1v) is 5.50. The molecule has 3 N–H and O–H groups in total. The molecule has 0 aromatic rings. The first kappa shape index (κ1) is 15.3. The van der Waals surface area contributed by atoms with Crippen molar-refractivity contribution in [2.75, 3.05) is 53.1 Å². The Morgan fingerprint density at radius 3 is 2.38 bits per heavy atom. The molecule has 0 aromatic carbocycles. The van der Waals surface area contributed by atoms with E-state index in [4.69, 9.17) is 14.6 Å². The summed E-state index contributed by atoms with van der Waals surface area (Å²) in [6.07, 6.45) is 0.0472. The van der Waals surface area contributed by atoms with Gasteiger partial charge in [0.15, 0.2) is 0 Å². The molecule has 0 bridgehead atoms. The molecular weight excluding hydrogens is 212 g/mol. The number of carboxylic acids is 1. The summed E-state index contributed by atoms with van der Waals surface area (Å²) in [6, 6.07) is 0. The Morgan fingerprint density at radius 2 is 1.75 bits per heavy atom. The van der Waals surface area contributed by atoms with Gasteiger partial charge < -0.3 is 25.2 Å². The Labute approximate surface area is 96.3 Å². The standard InChI is InChI=1S/C10H22N2O4/c1-11-3-4-12-5-7-16-9-8-15-6-2-10(13)14/h11-12H,2-9H2,1H3,(H,13,14). The third kappa shape index (κ3) is 13.3. The maximum absolute atomic E-state index is 10.1. The molecular formula is C10H22N2O4. The van der Waals surface area contributed by atoms with Crippen LogP contribution in [0.1, 0.15) is 6.42 Å². The predicted molar refractivity (Wildman–Crippen MR) is 60.7 cm³/mol. The van der Waals surface area contributed by atoms with Crippen molar-refractivity contribution in [1.82, 2.24) is 10.6 Å². The fourth-order valence-electron chi connectivity index (χ4n) is 0.964. The number of ether oxygens (including phenoxy) is 2. The summed E-state index contributed by atoms with van der Waals surface area (Å²) < 4.78 is 10.3. The van der Waals surface area contributed by atoms with Crippen molar-refractivity contribution < 1.29 is 19.4 Å². The number of hydrogen-bond donors (Lipinski definition) is 3. The molecule has 6 heteroatoms. The van der Waals surface area contributed by atoms with Gasteiger partial charge in [0.25, 0.3) is 0 Å². The summed E-state index contributed by atoms with van der Waals surface area (Å²) in [5.41, 5.74) is 0. The fraction of sp³-hybridized carbons (Fsp3) is 0.900. The molecule has 96 valence electrons. The number of rotatable bonds is 12. The third-order valence-corrected chi connectivity index (χ3v) is 1.81. The van der Waals surface area contributed by atoms with Gasteiger partial charge in [0.05, 0.1) is 32.8 Å². The van der Waals surface area contributed by atoms with Gasteiger partial charge in [-0.3, -0.25) is 4.79 Å². The van der Waals surface area contributed by atoms with Crippen LogP contribution in [0.2, 0.25) is 0 Å². The lowest BCUT2D eigenvalue weighted by atomic mass is 10.5. The van der Waals surface area contributed by atoms with Gasteiger partial charge in [0.1, 0.15) is 0 Å². The first-order chi connectivity index (χ1) is 7.77. The van der Waals surface area contributed by atoms with E-state index in [9.17, 15) is 4.79 Å². The average Bonchev–Trinajstić information content (AvgIpc) is 2.25. The van der Waals surface area contributed by atoms with Gasteiger partial charge in [-0.1, -0.05) is 0 Å². The van der Waals surface area contributed by atoms with Crippen LogP contribution in [0, 0.1) is 0 Å². The van der Waals surface area contributed by atoms with Crippen LogP contribution < -0.4 is 10.6 Å². The highest BCUT2D eigenvalue weighted by Gasteiger charge is 1.95. The third-order valence-electron chi connectivity index (χ3n) is 1.81. The van der Waals surface area contributed by atoms with Crippen LogP contribution in [0.5, 0.6) is 0 Å². The Hall–Kier alpha value is -0.690. The minimum absolute atomic E-state index is 0.0472. The van der Waals surface area contributed by atoms with Crippen molar-refractivity contribution in [2.45, 2.75) is 6.42 Å². The second-order valence-electron chi connectivity index (χ2n) is 3.22. The summed E-state index contributed by atoms with van der Waals surface area (Å²) in [6.45, 7) is 4.53. The molecule has 0 aliphatic rings. The number of nitrogens with one attached hydrogen (secondary N) is 2. The topological polar surface area (TPSA) is 79.8 Å². The van der Waals surface area contributed by atoms with Crippen LogP contribution in [0.25, 0.3) is 0 Å². The highest BCUT2D eigenvalue weighted by Crippen LogP contribution is 1.83. The number of aliphatic carboxylic acids is 1. The quantitative estimate of drug-likeness (QED) is 0.388. The van der Waals surface area contributed by atoms with Gasteiger partial charge in [-0.05, 0) is 7.05 Å². The molecule has 0 radical (unpaired) electrons. The average molecular weight is 234 g/mol. The van der Waals surface area contributed by atoms with Gasteiger partial charge in [-0.25, -0.2) is 0 Å². The maximum atomic E-state index is 10.1. The van der Waals surface area contributed by atoms with Gasteiger partial charge >= 0.3 is 5.97 Å². The van der Waals surface area contributed by atoms with E-state index in [-0.39, 0.29) is 13.0 Å². The van der Waals surface area contributed by atoms with Crippen molar-refractivity contribution in [3.05, 3.63) is 0 Å². The second kappa shape index (κ2) is 12.4. The van der Waals surface area contributed by atoms with Crippen LogP contribution >= 0.6 is 0 Å². The maximum Gasteiger partial charge on any atom is 0.305 e. The monoisotopic (exact) mass is 234 g/mol. The van der Waals surface area contributed by atoms with Crippen molar-refractivity contribution >= 4 is 5.97 Å². The molecule has 0 heterocycles. The summed E-state index contributed by atoms with van der Waals surface area (Å²) in [5, 5.41) is 14.6. The minimum Gasteiger partial charge on any atom is -0.481 e. The van der Waals surface area contributed by atoms with E-state index in [0.717, 1.165) is 19.6 Å². The summed E-state index contributed by atoms with van der Waals surface area (Å²) >= 11 is 0. The largest absolute Gasteiger partial charge is 0.481 e. The zero-order valence-corrected chi connectivity index (χ0v) is 9.83. The lowest BCUT2D eigenvalue weighted by Crippen LogP contribution is -2.28. The zero-order valence-electron chi connectivity index (χ0n) is 9.83. The molecule has 0 rings (SSSR count). The Kier molecular flexibility index (Phi) is 11.8. The Morgan fingerprint density at radius 1 is 1.06 bits per heavy atom. The van der Waals surface area contributed by atoms with E-state index in [0.29, 0.717) is 19.8 Å². The number of likely N-dealkylation sites (N-methyl/N-ethyl adjacent to an activating group) is 1. The van der Waals surface area contributed by atoms with Crippen LogP contribution in [0.3, 0.4) is 0 Å². The van der Waals surface area contributed by atoms with Crippen molar-refractivity contribution in [3.8, 4) is 0 Å². The fourth-order valence-corrected chi connectivity index (χ4v) is 0.964. The number of carboxylic acid groups (broad SMARTS) is 1. The highest BCUT2D eigenvalue weighted by atomic mass is 16.5. The lowest BCUT2D eigenvalue weighted by Gasteiger charge is -2.06. The first-order valence-electron chi connectivity index (χ1n) is 5.50. The normalized spacial score (nSPS) is 10.6. The van der Waals surface area contributed by atoms with E-state index >= 15 is 0 Å². The molecule has 0 fully saturated rings. The van der Waals surface area contributed by atoms with E-state index in [1.54, 1.807) is 0 Å². The zero-order chi connectivity index (χ0) is 12.1. The molecule has 6 nitrogen and oxygen atoms in total. The molecule has 0 aliphatic heterocycles. The van der Waals surface area contributed by atoms with E-state index in [1.807, 2.05) is 7.05 Å². The Balaban J connectivity index is 2.90. The minimum atomic E-state index is -0.838. The van der Waals surface area contributed by atoms with Crippen LogP contribution in [-0.4, -0.2) is 64.2 Å². The molecule has 0 atom stereocenters. The van der Waals surface area contributed by atoms with Gasteiger partial charge in [0, 0.05) is 19.6 Å². The molecule has 0 spiro atoms. The molecule has 0 saturated heterocycles. The van der Waals surface area contributed by atoms with Crippen LogP contribution in [-0.2, 0) is 14.3 Å². The molecule has 0 unspecified atom stereocenters. The predicted octanol–water partition coefficient (Wildman–Crippen LogP) is -0.697. The SMILES string of the molecule is CNCCNCCOCCOCCC(=O)O. The number of hydrogen-bond acceptors (Lipinski definition) is 5. The van der Waals surface area contributed by atoms with Gasteiger partial charge in [-0.2, -0.15) is 0 Å². The second-order valence-corrected chi connectivity index (χ2v) is 3.22. The molecule has 0 saturated carbocycles. The van der Waals surface area contributed by atoms with E-state index < -0.39 is 5.97 Å². The van der Waals surface area contributed by atoms with Crippen molar-refractivity contribution in [2.24, 2.45) is 0 Å². The van der Waals surface area contributed by atoms with Crippen LogP contribution in [0.15, 0.2) is 0 Å². The van der Waals surface area contributed by atoms with Gasteiger partial charge in [0.2, 0.25) is 0 Å². The van der Waals surface area contributed by atoms with Crippen molar-refractivity contribution in [3.63, 3.8) is 0 Å². The highest BCUT2D eigenvalue weighted by molar-refractivity contribution is 5.66. The molecule has 0 aromatic heterocycles. The van der Waals surface area contributed by atoms with E-state index in [2.05, 4.69) is 10.6 Å². The number of carbonyl (C=O) groups is 1. The Bertz CT molecular complexity index is 167. The lowest BCUT2D eigenvalue weighted by molar-refractivity contribution is -0.138. The van der Waals surface area contributed by atoms with Crippen LogP contribution in [0.4, 0.5) is 0 Å². The molecule has 16 heavy (non-hydrogen) atoms.